The molecule has 0 aromatic rings. The fraction of sp³-hybridized carbons (Fsp3) is 0.556. The zero-order chi connectivity index (χ0) is 11.9. The van der Waals surface area contributed by atoms with Crippen molar-refractivity contribution in [1.82, 2.24) is 4.90 Å². The van der Waals surface area contributed by atoms with Gasteiger partial charge in [-0.1, -0.05) is 0 Å². The Morgan fingerprint density at radius 1 is 1.75 bits per heavy atom. The second-order valence-corrected chi connectivity index (χ2v) is 4.71. The molecule has 1 saturated heterocycles. The van der Waals surface area contributed by atoms with Crippen molar-refractivity contribution >= 4 is 23.6 Å². The van der Waals surface area contributed by atoms with Gasteiger partial charge in [0.1, 0.15) is 11.4 Å². The lowest BCUT2D eigenvalue weighted by atomic mass is 10.0. The van der Waals surface area contributed by atoms with Gasteiger partial charge in [-0.05, 0) is 5.57 Å². The minimum atomic E-state index is -1.35. The van der Waals surface area contributed by atoms with Gasteiger partial charge in [-0.3, -0.25) is 9.69 Å². The molecule has 2 aliphatic rings. The van der Waals surface area contributed by atoms with Crippen molar-refractivity contribution in [2.24, 2.45) is 5.73 Å². The summed E-state index contributed by atoms with van der Waals surface area (Å²) in [6.45, 7) is 0.183. The Balaban J connectivity index is 2.34. The number of carbonyl (C=O) groups excluding carboxylic acids is 2. The van der Waals surface area contributed by atoms with Crippen molar-refractivity contribution in [2.45, 2.75) is 11.4 Å². The molecule has 0 unspecified atom stereocenters. The monoisotopic (exact) mass is 243 g/mol. The molecule has 2 N–H and O–H groups in total. The highest BCUT2D eigenvalue weighted by atomic mass is 32.2. The number of nitrogens with zero attached hydrogens (tertiary/aromatic N) is 1. The van der Waals surface area contributed by atoms with Crippen LogP contribution in [0.25, 0.3) is 0 Å². The summed E-state index contributed by atoms with van der Waals surface area (Å²) in [4.78, 5) is 23.7. The van der Waals surface area contributed by atoms with Gasteiger partial charge in [0.15, 0.2) is 0 Å². The number of carboxylic acids is 1. The third kappa shape index (κ3) is 1.51. The Hall–Kier alpha value is -1.05. The van der Waals surface area contributed by atoms with E-state index in [1.807, 2.05) is 0 Å². The van der Waals surface area contributed by atoms with Gasteiger partial charge < -0.3 is 20.4 Å². The smallest absolute Gasteiger partial charge is 0.248 e. The molecule has 2 rings (SSSR count). The van der Waals surface area contributed by atoms with Gasteiger partial charge in [-0.2, -0.15) is 0 Å². The van der Waals surface area contributed by atoms with E-state index >= 15 is 0 Å². The van der Waals surface area contributed by atoms with E-state index < -0.39 is 12.0 Å². The summed E-state index contributed by atoms with van der Waals surface area (Å²) in [5.74, 6) is -1.22. The lowest BCUT2D eigenvalue weighted by Gasteiger charge is -2.49. The Kier molecular flexibility index (Phi) is 2.92. The van der Waals surface area contributed by atoms with E-state index in [9.17, 15) is 14.7 Å². The largest absolute Gasteiger partial charge is 0.543 e. The molecule has 88 valence electrons. The number of β-lactam (4-membered cyclic amide) rings is 1. The third-order valence-electron chi connectivity index (χ3n) is 2.60. The molecule has 0 radical (unpaired) electrons. The predicted octanol–water partition coefficient (Wildman–Crippen LogP) is -2.12. The first-order valence-electron chi connectivity index (χ1n) is 4.70. The predicted molar refractivity (Wildman–Crippen MR) is 55.0 cm³/mol. The first kappa shape index (κ1) is 11.4. The van der Waals surface area contributed by atoms with E-state index in [0.29, 0.717) is 11.3 Å². The SMILES string of the molecule is COCC1=C(C(=O)[O-])N2C(=O)[C@@H](N)[C@H]2SC1. The Morgan fingerprint density at radius 2 is 2.44 bits per heavy atom. The number of ether oxygens (including phenoxy) is 1. The maximum Gasteiger partial charge on any atom is 0.248 e. The molecule has 6 nitrogen and oxygen atoms in total. The van der Waals surface area contributed by atoms with E-state index in [1.165, 1.54) is 23.8 Å². The van der Waals surface area contributed by atoms with Gasteiger partial charge in [-0.15, -0.1) is 11.8 Å². The number of thioether (sulfide) groups is 1. The van der Waals surface area contributed by atoms with Gasteiger partial charge in [0.2, 0.25) is 5.91 Å². The number of rotatable bonds is 3. The van der Waals surface area contributed by atoms with Crippen LogP contribution in [0.15, 0.2) is 11.3 Å². The van der Waals surface area contributed by atoms with E-state index in [2.05, 4.69) is 0 Å². The molecule has 2 aliphatic heterocycles. The van der Waals surface area contributed by atoms with Crippen LogP contribution in [0.3, 0.4) is 0 Å². The molecule has 0 aromatic heterocycles. The van der Waals surface area contributed by atoms with Crippen LogP contribution in [0, 0.1) is 0 Å². The molecule has 2 atom stereocenters. The van der Waals surface area contributed by atoms with Gasteiger partial charge >= 0.3 is 0 Å². The average molecular weight is 243 g/mol. The summed E-state index contributed by atoms with van der Waals surface area (Å²) in [5, 5.41) is 10.7. The maximum absolute atomic E-state index is 11.5. The highest BCUT2D eigenvalue weighted by Crippen LogP contribution is 2.38. The number of carboxylic acid groups (broad SMARTS) is 1. The molecule has 0 aliphatic carbocycles. The number of methoxy groups -OCH3 is 1. The number of aliphatic carboxylic acids is 1. The van der Waals surface area contributed by atoms with Crippen LogP contribution in [0.4, 0.5) is 0 Å². The molecular formula is C9H11N2O4S-. The lowest BCUT2D eigenvalue weighted by molar-refractivity contribution is -0.301. The quantitative estimate of drug-likeness (QED) is 0.569. The second kappa shape index (κ2) is 4.08. The van der Waals surface area contributed by atoms with Crippen molar-refractivity contribution in [2.75, 3.05) is 19.5 Å². The highest BCUT2D eigenvalue weighted by Gasteiger charge is 2.50. The Bertz CT molecular complexity index is 382. The first-order valence-corrected chi connectivity index (χ1v) is 5.75. The molecule has 16 heavy (non-hydrogen) atoms. The number of nitrogens with two attached hydrogens (primary N) is 1. The highest BCUT2D eigenvalue weighted by molar-refractivity contribution is 8.00. The number of carbonyl (C=O) groups is 2. The van der Waals surface area contributed by atoms with Gasteiger partial charge in [0, 0.05) is 12.9 Å². The van der Waals surface area contributed by atoms with Crippen molar-refractivity contribution in [3.63, 3.8) is 0 Å². The summed E-state index contributed by atoms with van der Waals surface area (Å²) in [7, 11) is 1.47. The first-order chi connectivity index (χ1) is 7.57. The van der Waals surface area contributed by atoms with Crippen LogP contribution < -0.4 is 10.8 Å². The molecule has 1 amide bonds. The normalized spacial score (nSPS) is 28.9. The van der Waals surface area contributed by atoms with Gasteiger partial charge in [-0.25, -0.2) is 0 Å². The number of hydrogen-bond donors (Lipinski definition) is 1. The summed E-state index contributed by atoms with van der Waals surface area (Å²) in [6, 6.07) is -0.608. The average Bonchev–Trinajstić information content (AvgIpc) is 2.27. The minimum absolute atomic E-state index is 0.0719. The lowest BCUT2D eigenvalue weighted by Crippen LogP contribution is -2.69. The molecule has 0 spiro atoms. The Labute approximate surface area is 96.4 Å². The molecule has 1 fully saturated rings. The van der Waals surface area contributed by atoms with Crippen LogP contribution in [-0.2, 0) is 14.3 Å². The van der Waals surface area contributed by atoms with Crippen LogP contribution in [0.1, 0.15) is 0 Å². The van der Waals surface area contributed by atoms with Crippen LogP contribution in [-0.4, -0.2) is 47.7 Å². The van der Waals surface area contributed by atoms with Crippen LogP contribution in [0.5, 0.6) is 0 Å². The molecule has 0 saturated carbocycles. The minimum Gasteiger partial charge on any atom is -0.543 e. The number of amides is 1. The maximum atomic E-state index is 11.5. The van der Waals surface area contributed by atoms with Crippen LogP contribution in [0.2, 0.25) is 0 Å². The fourth-order valence-corrected chi connectivity index (χ4v) is 3.13. The molecule has 0 bridgehead atoms. The number of fused-ring (bicyclic) bond motifs is 1. The van der Waals surface area contributed by atoms with Crippen molar-refractivity contribution < 1.29 is 19.4 Å². The summed E-state index contributed by atoms with van der Waals surface area (Å²) < 4.78 is 4.90. The van der Waals surface area contributed by atoms with Crippen molar-refractivity contribution in [3.05, 3.63) is 11.3 Å². The zero-order valence-corrected chi connectivity index (χ0v) is 9.45. The van der Waals surface area contributed by atoms with Crippen molar-refractivity contribution in [1.29, 1.82) is 0 Å². The standard InChI is InChI=1S/C9H12N2O4S/c1-15-2-4-3-16-8-5(10)7(12)11(8)6(4)9(13)14/h5,8H,2-3,10H2,1H3,(H,13,14)/p-1/t5-,8-/m1/s1. The molecule has 7 heteroatoms. The summed E-state index contributed by atoms with van der Waals surface area (Å²) in [5.41, 5.74) is 6.07. The molecular weight excluding hydrogens is 232 g/mol. The molecule has 2 heterocycles. The second-order valence-electron chi connectivity index (χ2n) is 3.61. The van der Waals surface area contributed by atoms with E-state index in [4.69, 9.17) is 10.5 Å². The zero-order valence-electron chi connectivity index (χ0n) is 8.63. The summed E-state index contributed by atoms with van der Waals surface area (Å²) >= 11 is 1.45. The van der Waals surface area contributed by atoms with E-state index in [-0.39, 0.29) is 23.6 Å². The third-order valence-corrected chi connectivity index (χ3v) is 3.96. The van der Waals surface area contributed by atoms with Crippen molar-refractivity contribution in [3.8, 4) is 0 Å². The topological polar surface area (TPSA) is 95.7 Å². The van der Waals surface area contributed by atoms with E-state index in [0.717, 1.165) is 0 Å². The molecule has 0 aromatic carbocycles. The number of hydrogen-bond acceptors (Lipinski definition) is 6. The van der Waals surface area contributed by atoms with Gasteiger partial charge in [0.05, 0.1) is 18.3 Å². The Morgan fingerprint density at radius 3 is 3.00 bits per heavy atom. The fourth-order valence-electron chi connectivity index (χ4n) is 1.85. The van der Waals surface area contributed by atoms with Gasteiger partial charge in [0.25, 0.3) is 0 Å². The summed E-state index contributed by atoms with van der Waals surface area (Å²) in [6.07, 6.45) is 0. The van der Waals surface area contributed by atoms with Crippen LogP contribution >= 0.6 is 11.8 Å². The van der Waals surface area contributed by atoms with E-state index in [1.54, 1.807) is 0 Å².